The van der Waals surface area contributed by atoms with Crippen molar-refractivity contribution < 1.29 is 4.79 Å². The Morgan fingerprint density at radius 1 is 1.44 bits per heavy atom. The zero-order chi connectivity index (χ0) is 12.5. The summed E-state index contributed by atoms with van der Waals surface area (Å²) in [5.74, 6) is 0.0911. The first-order valence-electron chi connectivity index (χ1n) is 6.39. The van der Waals surface area contributed by atoms with Gasteiger partial charge >= 0.3 is 0 Å². The molecule has 0 aliphatic carbocycles. The van der Waals surface area contributed by atoms with Crippen molar-refractivity contribution in [1.29, 1.82) is 0 Å². The summed E-state index contributed by atoms with van der Waals surface area (Å²) >= 11 is 0. The van der Waals surface area contributed by atoms with E-state index in [4.69, 9.17) is 0 Å². The van der Waals surface area contributed by atoms with Gasteiger partial charge in [0.1, 0.15) is 0 Å². The number of aromatic nitrogens is 1. The molecule has 94 valence electrons. The van der Waals surface area contributed by atoms with E-state index in [9.17, 15) is 4.79 Å². The van der Waals surface area contributed by atoms with E-state index >= 15 is 0 Å². The maximum Gasteiger partial charge on any atom is 0.237 e. The van der Waals surface area contributed by atoms with Crippen LogP contribution >= 0.6 is 0 Å². The zero-order valence-electron chi connectivity index (χ0n) is 10.4. The lowest BCUT2D eigenvalue weighted by Gasteiger charge is -2.23. The van der Waals surface area contributed by atoms with Crippen LogP contribution in [0.15, 0.2) is 24.3 Å². The number of hydrogen-bond acceptors (Lipinski definition) is 2. The van der Waals surface area contributed by atoms with Crippen LogP contribution in [0.2, 0.25) is 0 Å². The SMILES string of the molecule is CCNC(=O)[C@H]1Cc2c([nH]c3ccccc23)CN1. The molecule has 0 radical (unpaired) electrons. The molecule has 1 amide bonds. The summed E-state index contributed by atoms with van der Waals surface area (Å²) in [6.07, 6.45) is 0.755. The molecule has 3 rings (SSSR count). The highest BCUT2D eigenvalue weighted by molar-refractivity contribution is 5.88. The fraction of sp³-hybridized carbons (Fsp3) is 0.357. The first kappa shape index (κ1) is 11.3. The Balaban J connectivity index is 1.94. The normalized spacial score (nSPS) is 18.6. The number of aromatic amines is 1. The molecule has 0 spiro atoms. The molecule has 3 N–H and O–H groups in total. The van der Waals surface area contributed by atoms with Gasteiger partial charge in [0.2, 0.25) is 5.91 Å². The zero-order valence-corrected chi connectivity index (χ0v) is 10.4. The third-order valence-corrected chi connectivity index (χ3v) is 3.50. The molecule has 1 aromatic carbocycles. The second-order valence-corrected chi connectivity index (χ2v) is 4.66. The number of carbonyl (C=O) groups excluding carboxylic acids is 1. The van der Waals surface area contributed by atoms with Gasteiger partial charge in [-0.2, -0.15) is 0 Å². The summed E-state index contributed by atoms with van der Waals surface area (Å²) < 4.78 is 0. The maximum absolute atomic E-state index is 11.9. The van der Waals surface area contributed by atoms with E-state index in [0.717, 1.165) is 18.5 Å². The molecule has 0 unspecified atom stereocenters. The van der Waals surface area contributed by atoms with Gasteiger partial charge in [-0.3, -0.25) is 10.1 Å². The molecule has 1 atom stereocenters. The minimum atomic E-state index is -0.114. The summed E-state index contributed by atoms with van der Waals surface area (Å²) in [5.41, 5.74) is 3.64. The predicted molar refractivity (Wildman–Crippen MR) is 71.3 cm³/mol. The van der Waals surface area contributed by atoms with E-state index in [1.165, 1.54) is 16.6 Å². The summed E-state index contributed by atoms with van der Waals surface area (Å²) in [6, 6.07) is 8.15. The summed E-state index contributed by atoms with van der Waals surface area (Å²) in [5, 5.41) is 7.39. The predicted octanol–water partition coefficient (Wildman–Crippen LogP) is 1.32. The van der Waals surface area contributed by atoms with Crippen molar-refractivity contribution in [2.75, 3.05) is 6.54 Å². The van der Waals surface area contributed by atoms with Crippen LogP contribution in [0, 0.1) is 0 Å². The maximum atomic E-state index is 11.9. The van der Waals surface area contributed by atoms with E-state index < -0.39 is 0 Å². The topological polar surface area (TPSA) is 56.9 Å². The minimum Gasteiger partial charge on any atom is -0.357 e. The highest BCUT2D eigenvalue weighted by atomic mass is 16.2. The van der Waals surface area contributed by atoms with Crippen LogP contribution in [0.1, 0.15) is 18.2 Å². The molecule has 4 nitrogen and oxygen atoms in total. The molecule has 1 aromatic heterocycles. The average molecular weight is 243 g/mol. The van der Waals surface area contributed by atoms with Crippen molar-refractivity contribution in [3.63, 3.8) is 0 Å². The summed E-state index contributed by atoms with van der Waals surface area (Å²) in [7, 11) is 0. The molecule has 4 heteroatoms. The van der Waals surface area contributed by atoms with E-state index in [1.807, 2.05) is 19.1 Å². The monoisotopic (exact) mass is 243 g/mol. The van der Waals surface area contributed by atoms with E-state index in [0.29, 0.717) is 6.54 Å². The summed E-state index contributed by atoms with van der Waals surface area (Å²) in [4.78, 5) is 15.3. The van der Waals surface area contributed by atoms with Gasteiger partial charge in [0, 0.05) is 29.7 Å². The molecule has 0 bridgehead atoms. The number of para-hydroxylation sites is 1. The number of H-pyrrole nitrogens is 1. The molecule has 2 heterocycles. The largest absolute Gasteiger partial charge is 0.357 e. The molecule has 0 saturated carbocycles. The van der Waals surface area contributed by atoms with E-state index in [2.05, 4.69) is 27.8 Å². The Hall–Kier alpha value is -1.81. The molecule has 2 aromatic rings. The van der Waals surface area contributed by atoms with Gasteiger partial charge < -0.3 is 10.3 Å². The number of benzene rings is 1. The highest BCUT2D eigenvalue weighted by Gasteiger charge is 2.26. The van der Waals surface area contributed by atoms with Gasteiger partial charge in [-0.05, 0) is 25.0 Å². The number of amides is 1. The van der Waals surface area contributed by atoms with Crippen molar-refractivity contribution in [1.82, 2.24) is 15.6 Å². The molecule has 1 aliphatic heterocycles. The molecule has 0 saturated heterocycles. The molecule has 0 fully saturated rings. The third kappa shape index (κ3) is 1.78. The minimum absolute atomic E-state index is 0.0911. The fourth-order valence-electron chi connectivity index (χ4n) is 2.62. The van der Waals surface area contributed by atoms with Gasteiger partial charge in [0.05, 0.1) is 6.04 Å². The first-order chi connectivity index (χ1) is 8.79. The second-order valence-electron chi connectivity index (χ2n) is 4.66. The standard InChI is InChI=1S/C14H17N3O/c1-2-15-14(18)12-7-10-9-5-3-4-6-11(9)17-13(10)8-16-12/h3-6,12,16-17H,2,7-8H2,1H3,(H,15,18)/t12-/m1/s1. The molecule has 1 aliphatic rings. The number of hydrogen-bond donors (Lipinski definition) is 3. The lowest BCUT2D eigenvalue weighted by molar-refractivity contribution is -0.123. The first-order valence-corrected chi connectivity index (χ1v) is 6.39. The Morgan fingerprint density at radius 3 is 3.11 bits per heavy atom. The van der Waals surface area contributed by atoms with Gasteiger partial charge in [0.15, 0.2) is 0 Å². The summed E-state index contributed by atoms with van der Waals surface area (Å²) in [6.45, 7) is 3.35. The van der Waals surface area contributed by atoms with Gasteiger partial charge in [0.25, 0.3) is 0 Å². The van der Waals surface area contributed by atoms with Crippen LogP contribution in [-0.2, 0) is 17.8 Å². The highest BCUT2D eigenvalue weighted by Crippen LogP contribution is 2.26. The fourth-order valence-corrected chi connectivity index (χ4v) is 2.62. The van der Waals surface area contributed by atoms with Crippen molar-refractivity contribution >= 4 is 16.8 Å². The van der Waals surface area contributed by atoms with Crippen LogP contribution in [0.4, 0.5) is 0 Å². The van der Waals surface area contributed by atoms with Crippen LogP contribution in [0.3, 0.4) is 0 Å². The van der Waals surface area contributed by atoms with Crippen molar-refractivity contribution in [3.05, 3.63) is 35.5 Å². The number of likely N-dealkylation sites (N-methyl/N-ethyl adjacent to an activating group) is 1. The van der Waals surface area contributed by atoms with Gasteiger partial charge in [-0.15, -0.1) is 0 Å². The smallest absolute Gasteiger partial charge is 0.237 e. The lowest BCUT2D eigenvalue weighted by atomic mass is 9.98. The van der Waals surface area contributed by atoms with Crippen LogP contribution in [0.25, 0.3) is 10.9 Å². The average Bonchev–Trinajstić information content (AvgIpc) is 2.76. The van der Waals surface area contributed by atoms with Crippen LogP contribution in [0.5, 0.6) is 0 Å². The number of nitrogens with one attached hydrogen (secondary N) is 3. The Labute approximate surface area is 106 Å². The van der Waals surface area contributed by atoms with Crippen molar-refractivity contribution in [3.8, 4) is 0 Å². The Bertz CT molecular complexity index is 588. The van der Waals surface area contributed by atoms with Crippen molar-refractivity contribution in [2.45, 2.75) is 25.9 Å². The number of fused-ring (bicyclic) bond motifs is 3. The van der Waals surface area contributed by atoms with Crippen molar-refractivity contribution in [2.24, 2.45) is 0 Å². The van der Waals surface area contributed by atoms with Crippen LogP contribution in [-0.4, -0.2) is 23.5 Å². The Morgan fingerprint density at radius 2 is 2.28 bits per heavy atom. The van der Waals surface area contributed by atoms with E-state index in [-0.39, 0.29) is 11.9 Å². The van der Waals surface area contributed by atoms with Crippen LogP contribution < -0.4 is 10.6 Å². The van der Waals surface area contributed by atoms with Gasteiger partial charge in [-0.25, -0.2) is 0 Å². The molecular weight excluding hydrogens is 226 g/mol. The van der Waals surface area contributed by atoms with E-state index in [1.54, 1.807) is 0 Å². The third-order valence-electron chi connectivity index (χ3n) is 3.50. The quantitative estimate of drug-likeness (QED) is 0.745. The van der Waals surface area contributed by atoms with Gasteiger partial charge in [-0.1, -0.05) is 18.2 Å². The second kappa shape index (κ2) is 4.46. The Kier molecular flexibility index (Phi) is 2.80. The number of rotatable bonds is 2. The lowest BCUT2D eigenvalue weighted by Crippen LogP contribution is -2.47. The molecular formula is C14H17N3O. The number of carbonyl (C=O) groups is 1. The molecule has 18 heavy (non-hydrogen) atoms.